The van der Waals surface area contributed by atoms with Crippen molar-refractivity contribution in [1.82, 2.24) is 20.0 Å². The lowest BCUT2D eigenvalue weighted by molar-refractivity contribution is -0.832. The highest BCUT2D eigenvalue weighted by molar-refractivity contribution is 7.99. The summed E-state index contributed by atoms with van der Waals surface area (Å²) in [6.07, 6.45) is 0.358. The van der Waals surface area contributed by atoms with Crippen LogP contribution in [0.25, 0.3) is 10.9 Å². The van der Waals surface area contributed by atoms with E-state index < -0.39 is 26.8 Å². The first kappa shape index (κ1) is 30.1. The number of sulfone groups is 1. The number of benzene rings is 3. The van der Waals surface area contributed by atoms with E-state index in [9.17, 15) is 18.4 Å². The minimum atomic E-state index is -4.22. The molecule has 0 radical (unpaired) electrons. The fourth-order valence-corrected chi connectivity index (χ4v) is 6.89. The van der Waals surface area contributed by atoms with Crippen LogP contribution in [0.4, 0.5) is 11.5 Å². The third-order valence-corrected chi connectivity index (χ3v) is 9.75. The molecule has 13 nitrogen and oxygen atoms in total. The summed E-state index contributed by atoms with van der Waals surface area (Å²) in [5, 5.41) is 19.7. The molecule has 0 saturated carbocycles. The molecule has 1 saturated heterocycles. The van der Waals surface area contributed by atoms with E-state index in [-0.39, 0.29) is 21.5 Å². The molecule has 1 amide bonds. The van der Waals surface area contributed by atoms with E-state index in [4.69, 9.17) is 14.5 Å². The molecule has 0 spiro atoms. The zero-order valence-corrected chi connectivity index (χ0v) is 25.7. The summed E-state index contributed by atoms with van der Waals surface area (Å²) in [6.45, 7) is 0.756. The highest BCUT2D eigenvalue weighted by atomic mass is 32.2. The van der Waals surface area contributed by atoms with E-state index in [1.807, 2.05) is 48.5 Å². The van der Waals surface area contributed by atoms with Crippen molar-refractivity contribution in [3.05, 3.63) is 84.1 Å². The third kappa shape index (κ3) is 6.63. The molecule has 3 heterocycles. The molecule has 0 atom stereocenters. The lowest BCUT2D eigenvalue weighted by atomic mass is 10.1. The van der Waals surface area contributed by atoms with Gasteiger partial charge in [-0.05, 0) is 53.4 Å². The molecular weight excluding hydrogens is 620 g/mol. The molecule has 3 aromatic carbocycles. The summed E-state index contributed by atoms with van der Waals surface area (Å²) in [4.78, 5) is 23.9. The van der Waals surface area contributed by atoms with E-state index in [2.05, 4.69) is 20.1 Å². The second-order valence-electron chi connectivity index (χ2n) is 10.1. The highest BCUT2D eigenvalue weighted by Crippen LogP contribution is 2.30. The first-order valence-electron chi connectivity index (χ1n) is 14.0. The number of ether oxygens (including phenoxy) is 2. The zero-order chi connectivity index (χ0) is 31.4. The Morgan fingerprint density at radius 3 is 2.49 bits per heavy atom. The Hall–Kier alpha value is -4.89. The lowest BCUT2D eigenvalue weighted by Gasteiger charge is -2.31. The highest BCUT2D eigenvalue weighted by Gasteiger charge is 2.37. The van der Waals surface area contributed by atoms with Crippen molar-refractivity contribution in [1.29, 1.82) is 0 Å². The summed E-state index contributed by atoms with van der Waals surface area (Å²) in [5.41, 5.74) is 1.58. The SMILES string of the molecule is COc1ccc(Nc2nc(SCC(=O)N3CCC(Oc4no[n+]([O-])c4S(=O)(=O)c4ccccc4)CC3)nc3ccccc23)cc1. The number of thioether (sulfide) groups is 1. The van der Waals surface area contributed by atoms with Crippen molar-refractivity contribution in [3.63, 3.8) is 0 Å². The second kappa shape index (κ2) is 13.0. The number of hydrogen-bond donors (Lipinski definition) is 1. The Morgan fingerprint density at radius 2 is 1.76 bits per heavy atom. The number of likely N-dealkylation sites (tertiary alicyclic amines) is 1. The number of anilines is 2. The zero-order valence-electron chi connectivity index (χ0n) is 24.0. The van der Waals surface area contributed by atoms with Crippen LogP contribution in [0.2, 0.25) is 0 Å². The Labute approximate surface area is 262 Å². The van der Waals surface area contributed by atoms with Gasteiger partial charge in [-0.15, -0.1) is 0 Å². The van der Waals surface area contributed by atoms with Gasteiger partial charge in [0.1, 0.15) is 17.7 Å². The molecule has 1 aliphatic heterocycles. The van der Waals surface area contributed by atoms with Gasteiger partial charge in [0.25, 0.3) is 9.84 Å². The number of para-hydroxylation sites is 1. The summed E-state index contributed by atoms with van der Waals surface area (Å²) in [7, 11) is -2.61. The molecule has 1 fully saturated rings. The van der Waals surface area contributed by atoms with Crippen LogP contribution in [-0.2, 0) is 14.6 Å². The minimum Gasteiger partial charge on any atom is -0.497 e. The number of carbonyl (C=O) groups excluding carboxylic acids is 1. The third-order valence-electron chi connectivity index (χ3n) is 7.19. The van der Waals surface area contributed by atoms with Crippen LogP contribution in [0.15, 0.2) is 98.6 Å². The monoisotopic (exact) mass is 648 g/mol. The van der Waals surface area contributed by atoms with E-state index in [1.54, 1.807) is 30.2 Å². The number of carbonyl (C=O) groups is 1. The van der Waals surface area contributed by atoms with Gasteiger partial charge in [-0.25, -0.2) is 18.4 Å². The maximum atomic E-state index is 13.1. The number of methoxy groups -OCH3 is 1. The largest absolute Gasteiger partial charge is 0.497 e. The number of aromatic nitrogens is 4. The summed E-state index contributed by atoms with van der Waals surface area (Å²) in [6, 6.07) is 22.6. The Bertz CT molecular complexity index is 1910. The number of fused-ring (bicyclic) bond motifs is 1. The Balaban J connectivity index is 1.07. The van der Waals surface area contributed by atoms with Gasteiger partial charge in [-0.3, -0.25) is 9.42 Å². The number of amides is 1. The van der Waals surface area contributed by atoms with E-state index in [0.717, 1.165) is 22.3 Å². The Morgan fingerprint density at radius 1 is 1.04 bits per heavy atom. The topological polar surface area (TPSA) is 164 Å². The predicted molar refractivity (Wildman–Crippen MR) is 164 cm³/mol. The second-order valence-corrected chi connectivity index (χ2v) is 12.9. The van der Waals surface area contributed by atoms with E-state index >= 15 is 0 Å². The molecule has 232 valence electrons. The van der Waals surface area contributed by atoms with Gasteiger partial charge in [0.05, 0.1) is 28.4 Å². The number of nitrogens with one attached hydrogen (secondary N) is 1. The van der Waals surface area contributed by atoms with Crippen LogP contribution in [0.5, 0.6) is 11.6 Å². The molecule has 0 unspecified atom stereocenters. The first-order chi connectivity index (χ1) is 21.8. The van der Waals surface area contributed by atoms with Crippen molar-refractivity contribution in [3.8, 4) is 11.6 Å². The summed E-state index contributed by atoms with van der Waals surface area (Å²) in [5.74, 6) is 1.00. The summed E-state index contributed by atoms with van der Waals surface area (Å²) >= 11 is 1.25. The molecule has 1 N–H and O–H groups in total. The number of piperidine rings is 1. The maximum absolute atomic E-state index is 13.1. The van der Waals surface area contributed by atoms with Crippen molar-refractivity contribution < 1.29 is 32.2 Å². The summed E-state index contributed by atoms with van der Waals surface area (Å²) < 4.78 is 41.7. The fourth-order valence-electron chi connectivity index (χ4n) is 4.85. The molecule has 5 aromatic rings. The molecule has 1 aliphatic rings. The van der Waals surface area contributed by atoms with Gasteiger partial charge in [0.2, 0.25) is 5.91 Å². The molecule has 45 heavy (non-hydrogen) atoms. The van der Waals surface area contributed by atoms with Gasteiger partial charge in [0, 0.05) is 37.0 Å². The van der Waals surface area contributed by atoms with E-state index in [1.165, 1.54) is 23.9 Å². The first-order valence-corrected chi connectivity index (χ1v) is 16.4. The number of hydrogen-bond acceptors (Lipinski definition) is 12. The maximum Gasteiger partial charge on any atom is 0.415 e. The lowest BCUT2D eigenvalue weighted by Crippen LogP contribution is -2.42. The van der Waals surface area contributed by atoms with Gasteiger partial charge in [-0.2, -0.15) is 0 Å². The normalized spacial score (nSPS) is 13.9. The smallest absolute Gasteiger partial charge is 0.415 e. The van der Waals surface area contributed by atoms with Crippen LogP contribution < -0.4 is 19.7 Å². The fraction of sp³-hybridized carbons (Fsp3) is 0.233. The molecule has 0 bridgehead atoms. The number of rotatable bonds is 10. The standard InChI is InChI=1S/C30H28N6O7S2/c1-41-21-13-11-20(12-14-21)31-27-24-9-5-6-10-25(24)32-30(33-27)44-19-26(37)35-17-15-22(16-18-35)42-28-29(36(38)43-34-28)45(39,40)23-7-3-2-4-8-23/h2-14,22H,15-19H2,1H3,(H,31,32,33). The molecule has 2 aromatic heterocycles. The average Bonchev–Trinajstić information content (AvgIpc) is 3.44. The van der Waals surface area contributed by atoms with Crippen molar-refractivity contribution >= 4 is 49.9 Å². The Kier molecular flexibility index (Phi) is 8.71. The minimum absolute atomic E-state index is 0.0837. The van der Waals surface area contributed by atoms with Crippen LogP contribution in [0.3, 0.4) is 0 Å². The van der Waals surface area contributed by atoms with Crippen LogP contribution in [0, 0.1) is 5.21 Å². The quantitative estimate of drug-likeness (QED) is 0.132. The predicted octanol–water partition coefficient (Wildman–Crippen LogP) is 4.00. The van der Waals surface area contributed by atoms with Gasteiger partial charge in [-0.1, -0.05) is 42.1 Å². The van der Waals surface area contributed by atoms with Crippen LogP contribution >= 0.6 is 11.8 Å². The van der Waals surface area contributed by atoms with Gasteiger partial charge in [0.15, 0.2) is 5.16 Å². The van der Waals surface area contributed by atoms with E-state index in [0.29, 0.717) is 36.9 Å². The average molecular weight is 649 g/mol. The number of nitrogens with zero attached hydrogens (tertiary/aromatic N) is 5. The molecular formula is C30H28N6O7S2. The van der Waals surface area contributed by atoms with Gasteiger partial charge >= 0.3 is 10.9 Å². The molecule has 15 heteroatoms. The van der Waals surface area contributed by atoms with Crippen molar-refractivity contribution in [2.75, 3.05) is 31.3 Å². The van der Waals surface area contributed by atoms with Crippen molar-refractivity contribution in [2.24, 2.45) is 0 Å². The van der Waals surface area contributed by atoms with Crippen LogP contribution in [-0.4, -0.2) is 66.4 Å². The molecule has 6 rings (SSSR count). The molecule has 0 aliphatic carbocycles. The van der Waals surface area contributed by atoms with Crippen molar-refractivity contribution in [2.45, 2.75) is 34.0 Å². The van der Waals surface area contributed by atoms with Gasteiger partial charge < -0.3 is 24.9 Å². The van der Waals surface area contributed by atoms with Crippen LogP contribution in [0.1, 0.15) is 12.8 Å².